The zero-order valence-corrected chi connectivity index (χ0v) is 17.0. The smallest absolute Gasteiger partial charge is 0.254 e. The van der Waals surface area contributed by atoms with Gasteiger partial charge in [0.25, 0.3) is 5.91 Å². The van der Waals surface area contributed by atoms with Crippen LogP contribution in [0, 0.1) is 0 Å². The highest BCUT2D eigenvalue weighted by Crippen LogP contribution is 2.23. The Bertz CT molecular complexity index is 594. The first-order valence-corrected chi connectivity index (χ1v) is 10.5. The van der Waals surface area contributed by atoms with Gasteiger partial charge in [-0.15, -0.1) is 0 Å². The maximum Gasteiger partial charge on any atom is 0.254 e. The van der Waals surface area contributed by atoms with Crippen molar-refractivity contribution in [3.63, 3.8) is 0 Å². The van der Waals surface area contributed by atoms with Crippen LogP contribution in [-0.2, 0) is 4.74 Å². The Labute approximate surface area is 163 Å². The van der Waals surface area contributed by atoms with Crippen LogP contribution in [0.1, 0.15) is 56.8 Å². The maximum absolute atomic E-state index is 13.0. The van der Waals surface area contributed by atoms with Gasteiger partial charge in [0, 0.05) is 37.8 Å². The molecule has 1 amide bonds. The largest absolute Gasteiger partial charge is 0.494 e. The number of morpholine rings is 1. The highest BCUT2D eigenvalue weighted by molar-refractivity contribution is 5.94. The van der Waals surface area contributed by atoms with E-state index in [4.69, 9.17) is 9.47 Å². The summed E-state index contributed by atoms with van der Waals surface area (Å²) in [6.07, 6.45) is 4.87. The van der Waals surface area contributed by atoms with Crippen LogP contribution in [0.25, 0.3) is 0 Å². The van der Waals surface area contributed by atoms with Gasteiger partial charge < -0.3 is 14.4 Å². The van der Waals surface area contributed by atoms with Crippen molar-refractivity contribution in [2.75, 3.05) is 32.8 Å². The zero-order chi connectivity index (χ0) is 19.2. The van der Waals surface area contributed by atoms with Gasteiger partial charge in [-0.3, -0.25) is 9.69 Å². The molecule has 0 bridgehead atoms. The number of nitrogens with zero attached hydrogens (tertiary/aromatic N) is 2. The highest BCUT2D eigenvalue weighted by atomic mass is 16.5. The lowest BCUT2D eigenvalue weighted by Gasteiger charge is -2.38. The molecule has 1 aromatic carbocycles. The third-order valence-corrected chi connectivity index (χ3v) is 5.47. The van der Waals surface area contributed by atoms with E-state index in [0.29, 0.717) is 6.04 Å². The molecule has 3 atom stereocenters. The van der Waals surface area contributed by atoms with Gasteiger partial charge in [-0.05, 0) is 57.4 Å². The van der Waals surface area contributed by atoms with E-state index < -0.39 is 0 Å². The Morgan fingerprint density at radius 3 is 2.56 bits per heavy atom. The fourth-order valence-corrected chi connectivity index (χ4v) is 4.22. The molecule has 3 unspecified atom stereocenters. The van der Waals surface area contributed by atoms with Crippen LogP contribution in [-0.4, -0.2) is 66.7 Å². The van der Waals surface area contributed by atoms with Crippen molar-refractivity contribution < 1.29 is 14.3 Å². The number of benzene rings is 1. The van der Waals surface area contributed by atoms with Crippen LogP contribution >= 0.6 is 0 Å². The Hall–Kier alpha value is -1.59. The minimum atomic E-state index is 0.145. The van der Waals surface area contributed by atoms with E-state index in [-0.39, 0.29) is 18.1 Å². The first-order chi connectivity index (χ1) is 13.1. The number of rotatable bonds is 7. The number of carbonyl (C=O) groups excluding carboxylic acids is 1. The van der Waals surface area contributed by atoms with Crippen molar-refractivity contribution in [2.24, 2.45) is 0 Å². The predicted molar refractivity (Wildman–Crippen MR) is 107 cm³/mol. The van der Waals surface area contributed by atoms with E-state index in [1.165, 1.54) is 0 Å². The quantitative estimate of drug-likeness (QED) is 0.684. The average molecular weight is 375 g/mol. The molecule has 2 saturated heterocycles. The molecule has 2 aliphatic rings. The van der Waals surface area contributed by atoms with Crippen LogP contribution in [0.3, 0.4) is 0 Å². The summed E-state index contributed by atoms with van der Waals surface area (Å²) in [6, 6.07) is 7.93. The normalized spacial score (nSPS) is 26.3. The standard InChI is InChI=1S/C22H34N2O3/c1-4-5-13-26-21-10-8-19(9-11-21)22(25)24-12-6-7-20(24)16-23-14-17(2)27-18(3)15-23/h8-11,17-18,20H,4-7,12-16H2,1-3H3. The molecule has 2 heterocycles. The molecule has 0 radical (unpaired) electrons. The van der Waals surface area contributed by atoms with Crippen molar-refractivity contribution in [3.8, 4) is 5.75 Å². The summed E-state index contributed by atoms with van der Waals surface area (Å²) in [4.78, 5) is 17.6. The molecule has 27 heavy (non-hydrogen) atoms. The lowest BCUT2D eigenvalue weighted by molar-refractivity contribution is -0.0715. The van der Waals surface area contributed by atoms with E-state index in [0.717, 1.165) is 69.8 Å². The third-order valence-electron chi connectivity index (χ3n) is 5.47. The van der Waals surface area contributed by atoms with Gasteiger partial charge in [0.2, 0.25) is 0 Å². The number of unbranched alkanes of at least 4 members (excludes halogenated alkanes) is 1. The molecular weight excluding hydrogens is 340 g/mol. The topological polar surface area (TPSA) is 42.0 Å². The van der Waals surface area contributed by atoms with Gasteiger partial charge in [0.15, 0.2) is 0 Å². The molecule has 0 aliphatic carbocycles. The molecule has 3 rings (SSSR count). The highest BCUT2D eigenvalue weighted by Gasteiger charge is 2.32. The van der Waals surface area contributed by atoms with E-state index in [1.807, 2.05) is 24.3 Å². The van der Waals surface area contributed by atoms with Crippen LogP contribution in [0.4, 0.5) is 0 Å². The van der Waals surface area contributed by atoms with Crippen LogP contribution < -0.4 is 4.74 Å². The average Bonchev–Trinajstić information content (AvgIpc) is 3.09. The molecule has 150 valence electrons. The Kier molecular flexibility index (Phi) is 7.13. The SMILES string of the molecule is CCCCOc1ccc(C(=O)N2CCCC2CN2CC(C)OC(C)C2)cc1. The molecule has 5 nitrogen and oxygen atoms in total. The van der Waals surface area contributed by atoms with Crippen molar-refractivity contribution in [1.29, 1.82) is 0 Å². The van der Waals surface area contributed by atoms with Crippen molar-refractivity contribution in [2.45, 2.75) is 64.7 Å². The summed E-state index contributed by atoms with van der Waals surface area (Å²) in [5.74, 6) is 0.987. The van der Waals surface area contributed by atoms with Gasteiger partial charge in [-0.25, -0.2) is 0 Å². The predicted octanol–water partition coefficient (Wildman–Crippen LogP) is 3.58. The molecule has 5 heteroatoms. The number of hydrogen-bond acceptors (Lipinski definition) is 4. The number of hydrogen-bond donors (Lipinski definition) is 0. The van der Waals surface area contributed by atoms with Gasteiger partial charge >= 0.3 is 0 Å². The van der Waals surface area contributed by atoms with Gasteiger partial charge in [-0.1, -0.05) is 13.3 Å². The fourth-order valence-electron chi connectivity index (χ4n) is 4.22. The summed E-state index contributed by atoms with van der Waals surface area (Å²) in [5.41, 5.74) is 0.758. The summed E-state index contributed by atoms with van der Waals surface area (Å²) in [7, 11) is 0. The van der Waals surface area contributed by atoms with Gasteiger partial charge in [-0.2, -0.15) is 0 Å². The van der Waals surface area contributed by atoms with Gasteiger partial charge in [0.1, 0.15) is 5.75 Å². The Balaban J connectivity index is 1.58. The molecular formula is C22H34N2O3. The molecule has 2 aliphatic heterocycles. The molecule has 0 saturated carbocycles. The lowest BCUT2D eigenvalue weighted by Crippen LogP contribution is -2.50. The molecule has 0 spiro atoms. The number of likely N-dealkylation sites (tertiary alicyclic amines) is 1. The van der Waals surface area contributed by atoms with E-state index >= 15 is 0 Å². The molecule has 0 aromatic heterocycles. The number of amides is 1. The summed E-state index contributed by atoms with van der Waals surface area (Å²) in [6.45, 7) is 10.8. The van der Waals surface area contributed by atoms with Crippen molar-refractivity contribution in [3.05, 3.63) is 29.8 Å². The number of ether oxygens (including phenoxy) is 2. The second-order valence-corrected chi connectivity index (χ2v) is 8.00. The second kappa shape index (κ2) is 9.56. The van der Waals surface area contributed by atoms with E-state index in [1.54, 1.807) is 0 Å². The molecule has 0 N–H and O–H groups in total. The van der Waals surface area contributed by atoms with E-state index in [9.17, 15) is 4.79 Å². The fraction of sp³-hybridized carbons (Fsp3) is 0.682. The van der Waals surface area contributed by atoms with Crippen molar-refractivity contribution >= 4 is 5.91 Å². The minimum absolute atomic E-state index is 0.145. The second-order valence-electron chi connectivity index (χ2n) is 8.00. The maximum atomic E-state index is 13.0. The Morgan fingerprint density at radius 2 is 1.89 bits per heavy atom. The first-order valence-electron chi connectivity index (χ1n) is 10.5. The van der Waals surface area contributed by atoms with Crippen LogP contribution in [0.15, 0.2) is 24.3 Å². The minimum Gasteiger partial charge on any atom is -0.494 e. The van der Waals surface area contributed by atoms with Gasteiger partial charge in [0.05, 0.1) is 18.8 Å². The summed E-state index contributed by atoms with van der Waals surface area (Å²) >= 11 is 0. The monoisotopic (exact) mass is 374 g/mol. The van der Waals surface area contributed by atoms with Crippen LogP contribution in [0.5, 0.6) is 5.75 Å². The molecule has 1 aromatic rings. The summed E-state index contributed by atoms with van der Waals surface area (Å²) in [5, 5.41) is 0. The lowest BCUT2D eigenvalue weighted by atomic mass is 10.1. The summed E-state index contributed by atoms with van der Waals surface area (Å²) < 4.78 is 11.5. The van der Waals surface area contributed by atoms with E-state index in [2.05, 4.69) is 30.6 Å². The number of carbonyl (C=O) groups is 1. The zero-order valence-electron chi connectivity index (χ0n) is 17.0. The molecule has 2 fully saturated rings. The third kappa shape index (κ3) is 5.45. The van der Waals surface area contributed by atoms with Crippen molar-refractivity contribution in [1.82, 2.24) is 9.80 Å². The first kappa shape index (κ1) is 20.2. The van der Waals surface area contributed by atoms with Crippen LogP contribution in [0.2, 0.25) is 0 Å². The Morgan fingerprint density at radius 1 is 1.19 bits per heavy atom.